The summed E-state index contributed by atoms with van der Waals surface area (Å²) in [6, 6.07) is 56.8. The van der Waals surface area contributed by atoms with E-state index in [1.165, 1.54) is 27.5 Å². The highest BCUT2D eigenvalue weighted by Crippen LogP contribution is 2.42. The third-order valence-electron chi connectivity index (χ3n) is 11.5. The van der Waals surface area contributed by atoms with Crippen molar-refractivity contribution >= 4 is 72.4 Å². The molecule has 0 fully saturated rings. The summed E-state index contributed by atoms with van der Waals surface area (Å²) in [5, 5.41) is 6.66. The lowest BCUT2D eigenvalue weighted by molar-refractivity contribution is 0.668. The van der Waals surface area contributed by atoms with Crippen molar-refractivity contribution in [3.63, 3.8) is 0 Å². The van der Waals surface area contributed by atoms with Crippen LogP contribution in [0, 0.1) is 0 Å². The number of rotatable bonds is 6. The second-order valence-corrected chi connectivity index (χ2v) is 14.9. The Balaban J connectivity index is 1.03. The highest BCUT2D eigenvalue weighted by atomic mass is 16.3. The summed E-state index contributed by atoms with van der Waals surface area (Å²) < 4.78 is 12.9. The molecular formula is C53H37N3O2. The Labute approximate surface area is 335 Å². The summed E-state index contributed by atoms with van der Waals surface area (Å²) in [5.41, 5.74) is 20.2. The Morgan fingerprint density at radius 1 is 0.552 bits per heavy atom. The third kappa shape index (κ3) is 5.79. The van der Waals surface area contributed by atoms with Crippen molar-refractivity contribution in [2.45, 2.75) is 19.4 Å². The minimum absolute atomic E-state index is 0.416. The fourth-order valence-electron chi connectivity index (χ4n) is 8.69. The van der Waals surface area contributed by atoms with Crippen LogP contribution in [0.15, 0.2) is 189 Å². The fourth-order valence-corrected chi connectivity index (χ4v) is 8.69. The number of hydrogen-bond donors (Lipinski definition) is 1. The van der Waals surface area contributed by atoms with Crippen LogP contribution in [0.5, 0.6) is 0 Å². The van der Waals surface area contributed by atoms with E-state index in [0.29, 0.717) is 18.2 Å². The average Bonchev–Trinajstić information content (AvgIpc) is 3.86. The van der Waals surface area contributed by atoms with Gasteiger partial charge >= 0.3 is 0 Å². The second kappa shape index (κ2) is 13.9. The molecule has 0 atom stereocenters. The molecule has 1 aliphatic carbocycles. The second-order valence-electron chi connectivity index (χ2n) is 14.9. The summed E-state index contributed by atoms with van der Waals surface area (Å²) in [7, 11) is 0. The summed E-state index contributed by atoms with van der Waals surface area (Å²) in [6.07, 6.45) is 6.26. The SMILES string of the molecule is NC(=NC(=NCc1ccccc1)c1cccc2oc3ccccc3c12)c1ccc(-c2cccc3oc4cc(-c5ccc6ccccc6c5)ccc4c23)c2c1C=CCC2. The van der Waals surface area contributed by atoms with E-state index in [0.717, 1.165) is 90.1 Å². The highest BCUT2D eigenvalue weighted by Gasteiger charge is 2.22. The van der Waals surface area contributed by atoms with Gasteiger partial charge in [0.25, 0.3) is 0 Å². The molecule has 5 heteroatoms. The Bertz CT molecular complexity index is 3330. The van der Waals surface area contributed by atoms with Crippen molar-refractivity contribution in [3.8, 4) is 22.3 Å². The van der Waals surface area contributed by atoms with E-state index in [1.807, 2.05) is 48.5 Å². The van der Waals surface area contributed by atoms with Crippen LogP contribution < -0.4 is 5.73 Å². The lowest BCUT2D eigenvalue weighted by Crippen LogP contribution is -2.19. The first-order valence-electron chi connectivity index (χ1n) is 19.8. The number of nitrogens with two attached hydrogens (primary N) is 1. The molecule has 10 aromatic rings. The van der Waals surface area contributed by atoms with Crippen molar-refractivity contribution in [1.29, 1.82) is 0 Å². The lowest BCUT2D eigenvalue weighted by Gasteiger charge is -2.20. The van der Waals surface area contributed by atoms with Crippen molar-refractivity contribution in [2.24, 2.45) is 15.7 Å². The Morgan fingerprint density at radius 3 is 2.19 bits per heavy atom. The van der Waals surface area contributed by atoms with Gasteiger partial charge in [0, 0.05) is 32.7 Å². The molecule has 276 valence electrons. The zero-order valence-electron chi connectivity index (χ0n) is 31.7. The van der Waals surface area contributed by atoms with Gasteiger partial charge in [-0.15, -0.1) is 0 Å². The molecule has 8 aromatic carbocycles. The summed E-state index contributed by atoms with van der Waals surface area (Å²) in [6.45, 7) is 0.461. The van der Waals surface area contributed by atoms with Gasteiger partial charge in [0.05, 0.1) is 6.54 Å². The summed E-state index contributed by atoms with van der Waals surface area (Å²) in [4.78, 5) is 10.3. The normalized spacial score (nSPS) is 13.3. The van der Waals surface area contributed by atoms with Crippen molar-refractivity contribution in [1.82, 2.24) is 0 Å². The minimum Gasteiger partial charge on any atom is -0.456 e. The predicted octanol–water partition coefficient (Wildman–Crippen LogP) is 13.3. The third-order valence-corrected chi connectivity index (χ3v) is 11.5. The molecule has 0 amide bonds. The van der Waals surface area contributed by atoms with Crippen molar-refractivity contribution < 1.29 is 8.83 Å². The van der Waals surface area contributed by atoms with Gasteiger partial charge in [-0.2, -0.15) is 0 Å². The average molecular weight is 748 g/mol. The van der Waals surface area contributed by atoms with Gasteiger partial charge < -0.3 is 14.6 Å². The van der Waals surface area contributed by atoms with Crippen LogP contribution in [0.3, 0.4) is 0 Å². The lowest BCUT2D eigenvalue weighted by atomic mass is 9.85. The van der Waals surface area contributed by atoms with Crippen LogP contribution in [0.2, 0.25) is 0 Å². The topological polar surface area (TPSA) is 77.0 Å². The molecule has 5 nitrogen and oxygen atoms in total. The summed E-state index contributed by atoms with van der Waals surface area (Å²) in [5.74, 6) is 0.980. The fraction of sp³-hybridized carbons (Fsp3) is 0.0566. The van der Waals surface area contributed by atoms with Crippen LogP contribution in [0.1, 0.15) is 34.2 Å². The van der Waals surface area contributed by atoms with Crippen molar-refractivity contribution in [2.75, 3.05) is 0 Å². The molecule has 2 N–H and O–H groups in total. The van der Waals surface area contributed by atoms with E-state index in [-0.39, 0.29) is 0 Å². The number of fused-ring (bicyclic) bond motifs is 8. The van der Waals surface area contributed by atoms with E-state index >= 15 is 0 Å². The summed E-state index contributed by atoms with van der Waals surface area (Å²) >= 11 is 0. The zero-order valence-corrected chi connectivity index (χ0v) is 31.7. The standard InChI is InChI=1S/C53H37N3O2/c54-52(56-53(55-32-33-12-2-1-3-13-33)45-20-11-23-48-51(45)43-18-8-9-21-46(43)57-48)42-29-28-40(38-16-6-7-17-39(38)42)41-19-10-22-47-50(41)44-27-26-37(31-49(44)58-47)36-25-24-34-14-4-5-15-35(34)30-36/h1-5,7-15,17-31H,6,16,32H2,(H2,54,55,56). The number of nitrogens with zero attached hydrogens (tertiary/aromatic N) is 2. The van der Waals surface area contributed by atoms with E-state index in [1.54, 1.807) is 0 Å². The molecule has 0 saturated carbocycles. The van der Waals surface area contributed by atoms with Crippen molar-refractivity contribution in [3.05, 3.63) is 198 Å². The molecule has 0 radical (unpaired) electrons. The first-order valence-corrected chi connectivity index (χ1v) is 19.8. The van der Waals surface area contributed by atoms with Crippen LogP contribution in [-0.2, 0) is 13.0 Å². The maximum Gasteiger partial charge on any atom is 0.158 e. The number of aliphatic imine (C=N–C) groups is 2. The maximum absolute atomic E-state index is 7.09. The molecule has 1 aliphatic rings. The Hall–Kier alpha value is -7.50. The molecule has 0 unspecified atom stereocenters. The van der Waals surface area contributed by atoms with E-state index in [2.05, 4.69) is 127 Å². The monoisotopic (exact) mass is 747 g/mol. The largest absolute Gasteiger partial charge is 0.456 e. The van der Waals surface area contributed by atoms with Gasteiger partial charge in [0.2, 0.25) is 0 Å². The smallest absolute Gasteiger partial charge is 0.158 e. The van der Waals surface area contributed by atoms with Gasteiger partial charge in [0.15, 0.2) is 5.84 Å². The minimum atomic E-state index is 0.416. The van der Waals surface area contributed by atoms with Gasteiger partial charge in [-0.25, -0.2) is 4.99 Å². The molecule has 0 aliphatic heterocycles. The van der Waals surface area contributed by atoms with E-state index in [9.17, 15) is 0 Å². The number of furan rings is 2. The highest BCUT2D eigenvalue weighted by molar-refractivity contribution is 6.21. The number of allylic oxidation sites excluding steroid dienone is 1. The Kier molecular flexibility index (Phi) is 8.11. The molecule has 2 aromatic heterocycles. The zero-order chi connectivity index (χ0) is 38.6. The first-order chi connectivity index (χ1) is 28.7. The first kappa shape index (κ1) is 33.8. The molecule has 11 rings (SSSR count). The molecule has 58 heavy (non-hydrogen) atoms. The van der Waals surface area contributed by atoms with Gasteiger partial charge in [0.1, 0.15) is 28.2 Å². The predicted molar refractivity (Wildman–Crippen MR) is 241 cm³/mol. The van der Waals surface area contributed by atoms with Gasteiger partial charge in [-0.05, 0) is 99.0 Å². The quantitative estimate of drug-likeness (QED) is 0.136. The Morgan fingerprint density at radius 2 is 1.28 bits per heavy atom. The number of para-hydroxylation sites is 1. The van der Waals surface area contributed by atoms with E-state index < -0.39 is 0 Å². The number of amidine groups is 2. The molecule has 0 spiro atoms. The van der Waals surface area contributed by atoms with Gasteiger partial charge in [-0.3, -0.25) is 4.99 Å². The molecule has 0 bridgehead atoms. The number of benzene rings is 8. The van der Waals surface area contributed by atoms with Crippen LogP contribution in [0.25, 0.3) is 83.0 Å². The van der Waals surface area contributed by atoms with E-state index in [4.69, 9.17) is 24.6 Å². The van der Waals surface area contributed by atoms with Crippen LogP contribution in [0.4, 0.5) is 0 Å². The molecule has 2 heterocycles. The van der Waals surface area contributed by atoms with Gasteiger partial charge in [-0.1, -0.05) is 140 Å². The molecule has 0 saturated heterocycles. The maximum atomic E-state index is 7.09. The molecular weight excluding hydrogens is 711 g/mol. The van der Waals surface area contributed by atoms with Crippen LogP contribution >= 0.6 is 0 Å². The number of hydrogen-bond acceptors (Lipinski definition) is 3. The van der Waals surface area contributed by atoms with Crippen LogP contribution in [-0.4, -0.2) is 11.7 Å².